The van der Waals surface area contributed by atoms with Crippen LogP contribution in [-0.2, 0) is 0 Å². The first-order valence-electron chi connectivity index (χ1n) is 3.99. The second-order valence-electron chi connectivity index (χ2n) is 2.60. The molecule has 7 heteroatoms. The topological polar surface area (TPSA) is 73.9 Å². The van der Waals surface area contributed by atoms with Crippen molar-refractivity contribution < 1.29 is 4.74 Å². The van der Waals surface area contributed by atoms with E-state index in [-0.39, 0.29) is 12.0 Å². The van der Waals surface area contributed by atoms with Gasteiger partial charge in [-0.05, 0) is 27.4 Å². The lowest BCUT2D eigenvalue weighted by Crippen LogP contribution is -2.02. The first-order valence-corrected chi connectivity index (χ1v) is 5.67. The van der Waals surface area contributed by atoms with E-state index in [4.69, 9.17) is 10.5 Å². The molecule has 0 saturated carbocycles. The van der Waals surface area contributed by atoms with Crippen molar-refractivity contribution in [2.24, 2.45) is 0 Å². The zero-order valence-corrected chi connectivity index (χ0v) is 10.2. The average molecular weight is 287 g/mol. The van der Waals surface area contributed by atoms with Gasteiger partial charge >= 0.3 is 6.01 Å². The molecule has 0 saturated heterocycles. The van der Waals surface area contributed by atoms with Crippen LogP contribution in [0.2, 0.25) is 0 Å². The van der Waals surface area contributed by atoms with Gasteiger partial charge in [-0.3, -0.25) is 0 Å². The molecule has 0 fully saturated rings. The molecule has 15 heavy (non-hydrogen) atoms. The van der Waals surface area contributed by atoms with Crippen LogP contribution in [0.4, 0.5) is 5.95 Å². The molecule has 0 atom stereocenters. The molecule has 2 heterocycles. The molecule has 2 rings (SSSR count). The van der Waals surface area contributed by atoms with Gasteiger partial charge in [0.25, 0.3) is 0 Å². The van der Waals surface area contributed by atoms with Gasteiger partial charge in [0.2, 0.25) is 5.95 Å². The quantitative estimate of drug-likeness (QED) is 0.913. The molecule has 0 aliphatic heterocycles. The number of rotatable bonds is 2. The number of hydrogen-bond acceptors (Lipinski definition) is 6. The van der Waals surface area contributed by atoms with Gasteiger partial charge in [-0.15, -0.1) is 11.3 Å². The molecule has 0 radical (unpaired) electrons. The number of nitrogens with zero attached hydrogens (tertiary/aromatic N) is 3. The van der Waals surface area contributed by atoms with Crippen LogP contribution in [0.5, 0.6) is 6.01 Å². The number of nitrogen functional groups attached to an aromatic ring is 1. The summed E-state index contributed by atoms with van der Waals surface area (Å²) in [6.45, 7) is 0. The summed E-state index contributed by atoms with van der Waals surface area (Å²) in [4.78, 5) is 12.9. The van der Waals surface area contributed by atoms with E-state index in [0.29, 0.717) is 5.82 Å². The molecule has 0 bridgehead atoms. The molecule has 0 spiro atoms. The van der Waals surface area contributed by atoms with Gasteiger partial charge in [-0.25, -0.2) is 0 Å². The van der Waals surface area contributed by atoms with Crippen molar-refractivity contribution in [1.82, 2.24) is 15.0 Å². The van der Waals surface area contributed by atoms with E-state index in [2.05, 4.69) is 30.9 Å². The smallest absolute Gasteiger partial charge is 0.321 e. The summed E-state index contributed by atoms with van der Waals surface area (Å²) in [6.07, 6.45) is 0. The van der Waals surface area contributed by atoms with Gasteiger partial charge < -0.3 is 10.5 Å². The highest BCUT2D eigenvalue weighted by Gasteiger charge is 2.11. The molecule has 2 aromatic rings. The van der Waals surface area contributed by atoms with E-state index in [1.807, 2.05) is 11.4 Å². The Morgan fingerprint density at radius 2 is 2.20 bits per heavy atom. The maximum Gasteiger partial charge on any atom is 0.321 e. The van der Waals surface area contributed by atoms with Crippen molar-refractivity contribution in [2.75, 3.05) is 12.8 Å². The van der Waals surface area contributed by atoms with Gasteiger partial charge in [0.1, 0.15) is 0 Å². The lowest BCUT2D eigenvalue weighted by Gasteiger charge is -2.01. The van der Waals surface area contributed by atoms with Crippen molar-refractivity contribution in [3.63, 3.8) is 0 Å². The maximum atomic E-state index is 5.54. The fraction of sp³-hybridized carbons (Fsp3) is 0.125. The first kappa shape index (κ1) is 10.3. The van der Waals surface area contributed by atoms with E-state index < -0.39 is 0 Å². The van der Waals surface area contributed by atoms with Crippen LogP contribution in [0.1, 0.15) is 0 Å². The molecule has 2 aromatic heterocycles. The van der Waals surface area contributed by atoms with Crippen LogP contribution in [0.15, 0.2) is 15.9 Å². The SMILES string of the molecule is COc1nc(N)nc(-c2sccc2Br)n1. The molecule has 0 amide bonds. The minimum absolute atomic E-state index is 0.150. The second kappa shape index (κ2) is 4.11. The summed E-state index contributed by atoms with van der Waals surface area (Å²) < 4.78 is 5.85. The molecule has 5 nitrogen and oxygen atoms in total. The highest BCUT2D eigenvalue weighted by atomic mass is 79.9. The molecule has 0 aromatic carbocycles. The normalized spacial score (nSPS) is 10.3. The number of aromatic nitrogens is 3. The average Bonchev–Trinajstić information content (AvgIpc) is 2.63. The zero-order valence-electron chi connectivity index (χ0n) is 7.77. The van der Waals surface area contributed by atoms with E-state index in [9.17, 15) is 0 Å². The number of thiophene rings is 1. The highest BCUT2D eigenvalue weighted by molar-refractivity contribution is 9.10. The lowest BCUT2D eigenvalue weighted by molar-refractivity contribution is 0.379. The number of halogens is 1. The molecule has 0 aliphatic rings. The summed E-state index contributed by atoms with van der Waals surface area (Å²) in [5.41, 5.74) is 5.54. The Labute approximate surface area is 98.5 Å². The van der Waals surface area contributed by atoms with E-state index >= 15 is 0 Å². The Morgan fingerprint density at radius 1 is 1.40 bits per heavy atom. The predicted octanol–water partition coefficient (Wildman–Crippen LogP) is 1.95. The largest absolute Gasteiger partial charge is 0.467 e. The third-order valence-corrected chi connectivity index (χ3v) is 3.47. The minimum atomic E-state index is 0.150. The Morgan fingerprint density at radius 3 is 2.80 bits per heavy atom. The Kier molecular flexibility index (Phi) is 2.83. The third kappa shape index (κ3) is 2.07. The van der Waals surface area contributed by atoms with Crippen molar-refractivity contribution >= 4 is 33.2 Å². The second-order valence-corrected chi connectivity index (χ2v) is 4.37. The van der Waals surface area contributed by atoms with E-state index in [1.54, 1.807) is 0 Å². The minimum Gasteiger partial charge on any atom is -0.467 e. The number of anilines is 1. The van der Waals surface area contributed by atoms with Crippen molar-refractivity contribution in [3.05, 3.63) is 15.9 Å². The molecule has 78 valence electrons. The predicted molar refractivity (Wildman–Crippen MR) is 61.8 cm³/mol. The summed E-state index contributed by atoms with van der Waals surface area (Å²) >= 11 is 4.92. The van der Waals surface area contributed by atoms with Crippen molar-refractivity contribution in [3.8, 4) is 16.7 Å². The van der Waals surface area contributed by atoms with Crippen LogP contribution >= 0.6 is 27.3 Å². The zero-order chi connectivity index (χ0) is 10.8. The van der Waals surface area contributed by atoms with Crippen LogP contribution in [-0.4, -0.2) is 22.1 Å². The Bertz CT molecular complexity index is 487. The van der Waals surface area contributed by atoms with Crippen molar-refractivity contribution in [1.29, 1.82) is 0 Å². The first-order chi connectivity index (χ1) is 7.20. The summed E-state index contributed by atoms with van der Waals surface area (Å²) in [7, 11) is 1.49. The number of methoxy groups -OCH3 is 1. The number of hydrogen-bond donors (Lipinski definition) is 1. The lowest BCUT2D eigenvalue weighted by atomic mass is 10.4. The summed E-state index contributed by atoms with van der Waals surface area (Å²) in [5.74, 6) is 0.665. The van der Waals surface area contributed by atoms with Crippen LogP contribution < -0.4 is 10.5 Å². The van der Waals surface area contributed by atoms with E-state index in [1.165, 1.54) is 18.4 Å². The standard InChI is InChI=1S/C8H7BrN4OS/c1-14-8-12-6(11-7(10)13-8)5-4(9)2-3-15-5/h2-3H,1H3,(H2,10,11,12,13). The third-order valence-electron chi connectivity index (χ3n) is 1.64. The Balaban J connectivity index is 2.53. The van der Waals surface area contributed by atoms with E-state index in [0.717, 1.165) is 9.35 Å². The summed E-state index contributed by atoms with van der Waals surface area (Å²) in [6, 6.07) is 2.14. The summed E-state index contributed by atoms with van der Waals surface area (Å²) in [5, 5.41) is 1.94. The van der Waals surface area contributed by atoms with Crippen LogP contribution in [0.3, 0.4) is 0 Å². The fourth-order valence-corrected chi connectivity index (χ4v) is 2.50. The van der Waals surface area contributed by atoms with Crippen molar-refractivity contribution in [2.45, 2.75) is 0 Å². The molecular weight excluding hydrogens is 280 g/mol. The highest BCUT2D eigenvalue weighted by Crippen LogP contribution is 2.31. The van der Waals surface area contributed by atoms with Gasteiger partial charge in [0.15, 0.2) is 5.82 Å². The Hall–Kier alpha value is -1.21. The van der Waals surface area contributed by atoms with Crippen LogP contribution in [0.25, 0.3) is 10.7 Å². The van der Waals surface area contributed by atoms with Gasteiger partial charge in [0.05, 0.1) is 12.0 Å². The molecule has 2 N–H and O–H groups in total. The molecule has 0 aliphatic carbocycles. The fourth-order valence-electron chi connectivity index (χ4n) is 1.02. The van der Waals surface area contributed by atoms with Gasteiger partial charge in [0, 0.05) is 4.47 Å². The van der Waals surface area contributed by atoms with Gasteiger partial charge in [-0.1, -0.05) is 0 Å². The molecule has 0 unspecified atom stereocenters. The number of ether oxygens (including phenoxy) is 1. The van der Waals surface area contributed by atoms with Gasteiger partial charge in [-0.2, -0.15) is 15.0 Å². The van der Waals surface area contributed by atoms with Crippen LogP contribution in [0, 0.1) is 0 Å². The number of nitrogens with two attached hydrogens (primary N) is 1. The monoisotopic (exact) mass is 286 g/mol. The molecular formula is C8H7BrN4OS. The maximum absolute atomic E-state index is 5.54.